The van der Waals surface area contributed by atoms with Gasteiger partial charge in [-0.1, -0.05) is 12.1 Å². The van der Waals surface area contributed by atoms with Gasteiger partial charge in [0, 0.05) is 24.8 Å². The largest absolute Gasteiger partial charge is 0.486 e. The Morgan fingerprint density at radius 1 is 1.09 bits per heavy atom. The number of aromatic nitrogens is 2. The lowest BCUT2D eigenvalue weighted by molar-refractivity contribution is -0.117. The van der Waals surface area contributed by atoms with Crippen LogP contribution in [0.3, 0.4) is 0 Å². The van der Waals surface area contributed by atoms with Crippen LogP contribution in [0.4, 0.5) is 17.1 Å². The predicted octanol–water partition coefficient (Wildman–Crippen LogP) is 3.94. The number of nitrogens with zero attached hydrogens (tertiary/aromatic N) is 4. The Kier molecular flexibility index (Phi) is 5.41. The minimum atomic E-state index is 0.0261. The van der Waals surface area contributed by atoms with E-state index in [0.29, 0.717) is 24.5 Å². The van der Waals surface area contributed by atoms with Crippen molar-refractivity contribution < 1.29 is 9.53 Å². The summed E-state index contributed by atoms with van der Waals surface area (Å²) in [6.07, 6.45) is 0. The summed E-state index contributed by atoms with van der Waals surface area (Å²) in [7, 11) is 1.96. The molecular weight excluding hydrogens is 428 g/mol. The molecule has 1 aliphatic rings. The molecule has 3 N–H and O–H groups in total. The highest BCUT2D eigenvalue weighted by atomic mass is 16.5. The molecule has 172 valence electrons. The molecule has 0 unspecified atom stereocenters. The van der Waals surface area contributed by atoms with Crippen LogP contribution in [0.1, 0.15) is 18.3 Å². The highest BCUT2D eigenvalue weighted by Crippen LogP contribution is 2.38. The van der Waals surface area contributed by atoms with Crippen molar-refractivity contribution in [2.75, 3.05) is 22.9 Å². The lowest BCUT2D eigenvalue weighted by Gasteiger charge is -2.36. The Hall–Kier alpha value is -4.33. The van der Waals surface area contributed by atoms with E-state index in [-0.39, 0.29) is 18.3 Å². The van der Waals surface area contributed by atoms with Crippen LogP contribution in [0, 0.1) is 5.41 Å². The first kappa shape index (κ1) is 21.5. The van der Waals surface area contributed by atoms with Crippen molar-refractivity contribution in [3.63, 3.8) is 0 Å². The molecule has 0 radical (unpaired) electrons. The number of benzene rings is 3. The van der Waals surface area contributed by atoms with E-state index in [0.717, 1.165) is 33.9 Å². The topological polar surface area (TPSA) is 100 Å². The molecule has 1 aromatic heterocycles. The molecular formula is C26H26N6O2. The number of imidazole rings is 1. The molecule has 0 aliphatic carbocycles. The highest BCUT2D eigenvalue weighted by molar-refractivity contribution is 6.05. The number of rotatable bonds is 6. The van der Waals surface area contributed by atoms with Crippen molar-refractivity contribution in [3.8, 4) is 5.75 Å². The maximum Gasteiger partial charge on any atom is 0.246 e. The second-order valence-corrected chi connectivity index (χ2v) is 8.20. The Bertz CT molecular complexity index is 1390. The first-order valence-corrected chi connectivity index (χ1v) is 11.2. The maximum absolute atomic E-state index is 12.8. The van der Waals surface area contributed by atoms with Crippen molar-refractivity contribution >= 4 is 39.8 Å². The molecule has 1 amide bonds. The molecule has 0 saturated heterocycles. The van der Waals surface area contributed by atoms with Crippen LogP contribution in [0.15, 0.2) is 66.7 Å². The summed E-state index contributed by atoms with van der Waals surface area (Å²) in [6, 6.07) is 21.2. The van der Waals surface area contributed by atoms with Gasteiger partial charge in [0.1, 0.15) is 30.6 Å². The highest BCUT2D eigenvalue weighted by Gasteiger charge is 2.29. The van der Waals surface area contributed by atoms with Crippen LogP contribution >= 0.6 is 0 Å². The van der Waals surface area contributed by atoms with E-state index in [1.54, 1.807) is 24.3 Å². The Labute approximate surface area is 197 Å². The fraction of sp³-hybridized carbons (Fsp3) is 0.192. The number of carbonyl (C=O) groups is 1. The van der Waals surface area contributed by atoms with Crippen LogP contribution in [0.25, 0.3) is 11.0 Å². The smallest absolute Gasteiger partial charge is 0.246 e. The third-order valence-electron chi connectivity index (χ3n) is 6.18. The van der Waals surface area contributed by atoms with E-state index in [2.05, 4.69) is 0 Å². The van der Waals surface area contributed by atoms with Gasteiger partial charge >= 0.3 is 0 Å². The van der Waals surface area contributed by atoms with Gasteiger partial charge in [0.05, 0.1) is 22.4 Å². The molecule has 0 fully saturated rings. The Morgan fingerprint density at radius 3 is 2.53 bits per heavy atom. The zero-order valence-corrected chi connectivity index (χ0v) is 19.2. The monoisotopic (exact) mass is 454 g/mol. The summed E-state index contributed by atoms with van der Waals surface area (Å²) < 4.78 is 7.92. The average Bonchev–Trinajstić information content (AvgIpc) is 3.17. The summed E-state index contributed by atoms with van der Waals surface area (Å²) in [4.78, 5) is 21.5. The van der Waals surface area contributed by atoms with E-state index in [1.807, 2.05) is 70.8 Å². The summed E-state index contributed by atoms with van der Waals surface area (Å²) in [6.45, 7) is 3.22. The molecule has 1 aliphatic heterocycles. The molecule has 0 saturated carbocycles. The number of carbonyl (C=O) groups excluding carboxylic acids is 1. The van der Waals surface area contributed by atoms with E-state index in [4.69, 9.17) is 20.9 Å². The van der Waals surface area contributed by atoms with Gasteiger partial charge in [-0.15, -0.1) is 0 Å². The molecule has 0 atom stereocenters. The predicted molar refractivity (Wildman–Crippen MR) is 134 cm³/mol. The van der Waals surface area contributed by atoms with Crippen molar-refractivity contribution in [1.82, 2.24) is 9.55 Å². The number of hydrogen-bond acceptors (Lipinski definition) is 5. The lowest BCUT2D eigenvalue weighted by atomic mass is 10.1. The van der Waals surface area contributed by atoms with E-state index >= 15 is 0 Å². The number of amides is 1. The Morgan fingerprint density at radius 2 is 1.82 bits per heavy atom. The lowest BCUT2D eigenvalue weighted by Crippen LogP contribution is -2.43. The van der Waals surface area contributed by atoms with Crippen molar-refractivity contribution in [1.29, 1.82) is 5.41 Å². The number of nitrogens with two attached hydrogens (primary N) is 1. The minimum absolute atomic E-state index is 0.0261. The molecule has 8 heteroatoms. The number of aryl methyl sites for hydroxylation is 1. The van der Waals surface area contributed by atoms with Gasteiger partial charge < -0.3 is 24.8 Å². The molecule has 2 heterocycles. The minimum Gasteiger partial charge on any atom is -0.486 e. The van der Waals surface area contributed by atoms with Crippen LogP contribution < -0.4 is 20.3 Å². The number of anilines is 3. The number of amidine groups is 1. The van der Waals surface area contributed by atoms with Gasteiger partial charge in [0.15, 0.2) is 0 Å². The number of nitrogens with one attached hydrogen (secondary N) is 1. The molecule has 8 nitrogen and oxygen atoms in total. The fourth-order valence-electron chi connectivity index (χ4n) is 4.35. The number of para-hydroxylation sites is 2. The van der Waals surface area contributed by atoms with Gasteiger partial charge in [-0.2, -0.15) is 0 Å². The molecule has 0 bridgehead atoms. The second kappa shape index (κ2) is 8.55. The first-order chi connectivity index (χ1) is 16.5. The average molecular weight is 455 g/mol. The van der Waals surface area contributed by atoms with Crippen LogP contribution in [0.2, 0.25) is 0 Å². The molecule has 5 rings (SSSR count). The van der Waals surface area contributed by atoms with Crippen molar-refractivity contribution in [3.05, 3.63) is 78.1 Å². The van der Waals surface area contributed by atoms with Gasteiger partial charge in [-0.05, 0) is 61.5 Å². The molecule has 3 aromatic carbocycles. The molecule has 0 spiro atoms. The standard InChI is InChI=1S/C26H26N6O2/c1-3-31-22-6-4-5-7-23(22)32(15-25(31)33)18-10-13-21-20(14-18)29-24(30(21)2)16-34-19-11-8-17(9-12-19)26(27)28/h4-14H,3,15-16H2,1-2H3,(H3,27,28). The number of nitrogen functional groups attached to an aromatic ring is 1. The summed E-state index contributed by atoms with van der Waals surface area (Å²) >= 11 is 0. The Balaban J connectivity index is 1.42. The summed E-state index contributed by atoms with van der Waals surface area (Å²) in [5.74, 6) is 1.57. The third-order valence-corrected chi connectivity index (χ3v) is 6.18. The second-order valence-electron chi connectivity index (χ2n) is 8.20. The van der Waals surface area contributed by atoms with E-state index in [9.17, 15) is 4.79 Å². The van der Waals surface area contributed by atoms with Gasteiger partial charge in [0.25, 0.3) is 0 Å². The van der Waals surface area contributed by atoms with Crippen molar-refractivity contribution in [2.45, 2.75) is 13.5 Å². The van der Waals surface area contributed by atoms with Gasteiger partial charge in [0.2, 0.25) is 5.91 Å². The summed E-state index contributed by atoms with van der Waals surface area (Å²) in [5.41, 5.74) is 10.9. The fourth-order valence-corrected chi connectivity index (χ4v) is 4.35. The summed E-state index contributed by atoms with van der Waals surface area (Å²) in [5, 5.41) is 7.49. The first-order valence-electron chi connectivity index (χ1n) is 11.2. The SMILES string of the molecule is CCN1C(=O)CN(c2ccc3c(c2)nc(COc2ccc(C(=N)N)cc2)n3C)c2ccccc21. The van der Waals surface area contributed by atoms with Crippen LogP contribution in [0.5, 0.6) is 5.75 Å². The molecule has 4 aromatic rings. The number of likely N-dealkylation sites (N-methyl/N-ethyl adjacent to an activating group) is 1. The maximum atomic E-state index is 12.8. The quantitative estimate of drug-likeness (QED) is 0.340. The zero-order chi connectivity index (χ0) is 23.8. The van der Waals surface area contributed by atoms with Crippen molar-refractivity contribution in [2.24, 2.45) is 12.8 Å². The molecule has 34 heavy (non-hydrogen) atoms. The zero-order valence-electron chi connectivity index (χ0n) is 19.2. The third kappa shape index (κ3) is 3.73. The number of fused-ring (bicyclic) bond motifs is 2. The van der Waals surface area contributed by atoms with E-state index < -0.39 is 0 Å². The number of ether oxygens (including phenoxy) is 1. The van der Waals surface area contributed by atoms with Gasteiger partial charge in [-0.3, -0.25) is 10.2 Å². The van der Waals surface area contributed by atoms with Gasteiger partial charge in [-0.25, -0.2) is 4.98 Å². The van der Waals surface area contributed by atoms with E-state index in [1.165, 1.54) is 0 Å². The normalized spacial score (nSPS) is 13.3. The number of hydrogen-bond donors (Lipinski definition) is 2. The van der Waals surface area contributed by atoms with Crippen LogP contribution in [-0.2, 0) is 18.4 Å². The van der Waals surface area contributed by atoms with Crippen LogP contribution in [-0.4, -0.2) is 34.4 Å².